The molecule has 2 saturated carbocycles. The summed E-state index contributed by atoms with van der Waals surface area (Å²) in [5.74, 6) is -0.150. The fraction of sp³-hybridized carbons (Fsp3) is 0.261. The van der Waals surface area contributed by atoms with Gasteiger partial charge in [0.25, 0.3) is 0 Å². The Hall–Kier alpha value is -5.62. The summed E-state index contributed by atoms with van der Waals surface area (Å²) in [4.78, 5) is 37.0. The van der Waals surface area contributed by atoms with Crippen LogP contribution in [0.1, 0.15) is 64.5 Å². The van der Waals surface area contributed by atoms with Gasteiger partial charge in [-0.3, -0.25) is 19.6 Å². The fourth-order valence-electron chi connectivity index (χ4n) is 7.77. The van der Waals surface area contributed by atoms with E-state index in [2.05, 4.69) is 0 Å². The highest BCUT2D eigenvalue weighted by Gasteiger charge is 2.37. The lowest BCUT2D eigenvalue weighted by Crippen LogP contribution is -2.32. The van der Waals surface area contributed by atoms with E-state index in [4.69, 9.17) is 9.98 Å². The van der Waals surface area contributed by atoms with Gasteiger partial charge in [0.15, 0.2) is 11.6 Å². The Morgan fingerprint density at radius 2 is 0.885 bits per heavy atom. The molecule has 0 radical (unpaired) electrons. The van der Waals surface area contributed by atoms with Gasteiger partial charge in [0.2, 0.25) is 0 Å². The van der Waals surface area contributed by atoms with Crippen molar-refractivity contribution < 1.29 is 19.8 Å². The van der Waals surface area contributed by atoms with Gasteiger partial charge in [0, 0.05) is 25.7 Å². The average Bonchev–Trinajstić information content (AvgIpc) is 3.08. The molecule has 0 atom stereocenters. The quantitative estimate of drug-likeness (QED) is 0.137. The second-order valence-corrected chi connectivity index (χ2v) is 15.8. The van der Waals surface area contributed by atoms with Crippen molar-refractivity contribution >= 4 is 55.9 Å². The third-order valence-corrected chi connectivity index (χ3v) is 10.1. The molecule has 2 aliphatic rings. The van der Waals surface area contributed by atoms with E-state index in [1.165, 1.54) is 0 Å². The number of benzene rings is 5. The summed E-state index contributed by atoms with van der Waals surface area (Å²) in [6, 6.07) is 35.4. The van der Waals surface area contributed by atoms with Crippen molar-refractivity contribution in [1.29, 1.82) is 0 Å². The molecule has 6 nitrogen and oxygen atoms in total. The first-order valence-electron chi connectivity index (χ1n) is 18.0. The molecule has 262 valence electrons. The van der Waals surface area contributed by atoms with E-state index >= 15 is 0 Å². The highest BCUT2D eigenvalue weighted by atomic mass is 16.3. The van der Waals surface area contributed by atoms with E-state index in [-0.39, 0.29) is 46.8 Å². The number of ketones is 2. The van der Waals surface area contributed by atoms with E-state index in [1.54, 1.807) is 0 Å². The van der Waals surface area contributed by atoms with Gasteiger partial charge in [0.05, 0.1) is 33.9 Å². The highest BCUT2D eigenvalue weighted by molar-refractivity contribution is 6.26. The van der Waals surface area contributed by atoms with Gasteiger partial charge < -0.3 is 10.2 Å². The zero-order chi connectivity index (χ0) is 36.6. The van der Waals surface area contributed by atoms with Crippen molar-refractivity contribution in [3.05, 3.63) is 143 Å². The second-order valence-electron chi connectivity index (χ2n) is 15.8. The van der Waals surface area contributed by atoms with E-state index in [1.807, 2.05) is 137 Å². The van der Waals surface area contributed by atoms with E-state index in [0.717, 1.165) is 32.7 Å². The van der Waals surface area contributed by atoms with Gasteiger partial charge in [-0.15, -0.1) is 0 Å². The van der Waals surface area contributed by atoms with Crippen molar-refractivity contribution in [1.82, 2.24) is 0 Å². The predicted molar refractivity (Wildman–Crippen MR) is 211 cm³/mol. The molecule has 0 aromatic heterocycles. The third kappa shape index (κ3) is 7.38. The second kappa shape index (κ2) is 13.8. The number of carbonyl (C=O) groups excluding carboxylic acids is 2. The van der Waals surface area contributed by atoms with E-state index in [0.29, 0.717) is 59.6 Å². The summed E-state index contributed by atoms with van der Waals surface area (Å²) in [5.41, 5.74) is 4.30. The van der Waals surface area contributed by atoms with Crippen LogP contribution in [0.2, 0.25) is 0 Å². The lowest BCUT2D eigenvalue weighted by atomic mass is 9.73. The summed E-state index contributed by atoms with van der Waals surface area (Å²) in [6.07, 6.45) is 2.20. The Morgan fingerprint density at radius 1 is 0.519 bits per heavy atom. The molecule has 0 heterocycles. The Bertz CT molecular complexity index is 2180. The first-order valence-corrected chi connectivity index (χ1v) is 18.0. The lowest BCUT2D eigenvalue weighted by molar-refractivity contribution is -0.118. The molecule has 0 bridgehead atoms. The van der Waals surface area contributed by atoms with Crippen LogP contribution in [0.5, 0.6) is 0 Å². The Balaban J connectivity index is 1.21. The topological polar surface area (TPSA) is 99.3 Å². The Labute approximate surface area is 305 Å². The maximum Gasteiger partial charge on any atom is 0.168 e. The molecule has 0 aliphatic heterocycles. The number of allylic oxidation sites excluding steroid dienone is 4. The molecule has 0 spiro atoms. The van der Waals surface area contributed by atoms with Gasteiger partial charge >= 0.3 is 0 Å². The van der Waals surface area contributed by atoms with E-state index in [9.17, 15) is 19.8 Å². The normalized spacial score (nSPS) is 20.8. The Morgan fingerprint density at radius 3 is 1.29 bits per heavy atom. The fourth-order valence-corrected chi connectivity index (χ4v) is 7.77. The minimum atomic E-state index is -0.303. The van der Waals surface area contributed by atoms with Gasteiger partial charge in [0.1, 0.15) is 11.5 Å². The lowest BCUT2D eigenvalue weighted by Gasteiger charge is -2.31. The summed E-state index contributed by atoms with van der Waals surface area (Å²) in [5, 5.41) is 27.2. The van der Waals surface area contributed by atoms with Crippen LogP contribution in [0, 0.1) is 10.8 Å². The van der Waals surface area contributed by atoms with Crippen LogP contribution < -0.4 is 0 Å². The number of fused-ring (bicyclic) bond motifs is 2. The number of rotatable bonds is 6. The van der Waals surface area contributed by atoms with Crippen molar-refractivity contribution in [3.8, 4) is 0 Å². The monoisotopic (exact) mass is 688 g/mol. The number of Topliss-reactive ketones (excluding diaryl/α,β-unsaturated/α-hetero) is 2. The largest absolute Gasteiger partial charge is 0.511 e. The smallest absolute Gasteiger partial charge is 0.168 e. The van der Waals surface area contributed by atoms with Crippen molar-refractivity contribution in [2.75, 3.05) is 0 Å². The molecule has 2 fully saturated rings. The molecule has 2 N–H and O–H groups in total. The van der Waals surface area contributed by atoms with Crippen molar-refractivity contribution in [2.45, 2.75) is 66.2 Å². The molecule has 0 saturated heterocycles. The molecule has 6 heteroatoms. The highest BCUT2D eigenvalue weighted by Crippen LogP contribution is 2.39. The first kappa shape index (κ1) is 34.8. The molecule has 0 amide bonds. The predicted octanol–water partition coefficient (Wildman–Crippen LogP) is 11.0. The van der Waals surface area contributed by atoms with Crippen LogP contribution in [0.3, 0.4) is 0 Å². The first-order chi connectivity index (χ1) is 24.9. The zero-order valence-electron chi connectivity index (χ0n) is 30.2. The molecule has 5 aromatic carbocycles. The Kier molecular flexibility index (Phi) is 9.26. The number of nitrogens with zero attached hydrogens (tertiary/aromatic N) is 2. The van der Waals surface area contributed by atoms with Crippen LogP contribution in [0.4, 0.5) is 11.4 Å². The van der Waals surface area contributed by atoms with Gasteiger partial charge in [-0.05, 0) is 80.6 Å². The van der Waals surface area contributed by atoms with Crippen LogP contribution in [0.25, 0.3) is 21.5 Å². The number of hydrogen-bond donors (Lipinski definition) is 2. The maximum atomic E-state index is 13.6. The van der Waals surface area contributed by atoms with Crippen molar-refractivity contribution in [2.24, 2.45) is 20.8 Å². The SMILES string of the molecule is CC1(C)CC(=O)/C(=C(/O)Cc2cccc3ccccc23)C(=Nc2ccc(N=C3CC(C)(C)CC(=O)/C3=C(/O)Cc3cccc4ccccc34)cc2)C1. The average molecular weight is 689 g/mol. The summed E-state index contributed by atoms with van der Waals surface area (Å²) < 4.78 is 0. The molecule has 7 rings (SSSR count). The van der Waals surface area contributed by atoms with Crippen LogP contribution >= 0.6 is 0 Å². The molecule has 52 heavy (non-hydrogen) atoms. The molecule has 0 unspecified atom stereocenters. The molecular formula is C46H44N2O4. The number of aliphatic hydroxyl groups is 2. The van der Waals surface area contributed by atoms with Gasteiger partial charge in [-0.1, -0.05) is 113 Å². The molecule has 2 aliphatic carbocycles. The molecule has 5 aromatic rings. The third-order valence-electron chi connectivity index (χ3n) is 10.1. The van der Waals surface area contributed by atoms with Crippen molar-refractivity contribution in [3.63, 3.8) is 0 Å². The number of carbonyl (C=O) groups is 2. The van der Waals surface area contributed by atoms with E-state index < -0.39 is 0 Å². The molecular weight excluding hydrogens is 645 g/mol. The summed E-state index contributed by atoms with van der Waals surface area (Å²) >= 11 is 0. The maximum absolute atomic E-state index is 13.6. The van der Waals surface area contributed by atoms with Gasteiger partial charge in [-0.2, -0.15) is 0 Å². The minimum absolute atomic E-state index is 0.0332. The number of aliphatic hydroxyl groups excluding tert-OH is 2. The number of hydrogen-bond acceptors (Lipinski definition) is 6. The van der Waals surface area contributed by atoms with Crippen LogP contribution in [-0.2, 0) is 22.4 Å². The summed E-state index contributed by atoms with van der Waals surface area (Å²) in [6.45, 7) is 8.19. The standard InChI is InChI=1S/C46H44N2O4/c1-45(2)25-37(43(41(51)27-45)39(49)23-31-15-9-13-29-11-5-7-17-35(29)31)47-33-19-21-34(22-20-33)48-38-26-46(3,4)28-42(52)44(38)40(50)24-32-16-10-14-30-12-6-8-18-36(30)32/h5-22,49-50H,23-28H2,1-4H3/b43-39+,44-40+,47-37?,48-38?. The van der Waals surface area contributed by atoms with Gasteiger partial charge in [-0.25, -0.2) is 0 Å². The number of aliphatic imine (C=N–C) groups is 2. The van der Waals surface area contributed by atoms with Crippen LogP contribution in [-0.4, -0.2) is 33.2 Å². The zero-order valence-corrected chi connectivity index (χ0v) is 30.2. The van der Waals surface area contributed by atoms with Crippen LogP contribution in [0.15, 0.2) is 142 Å². The summed E-state index contributed by atoms with van der Waals surface area (Å²) in [7, 11) is 0. The minimum Gasteiger partial charge on any atom is -0.511 e.